The number of imidazole rings is 1. The van der Waals surface area contributed by atoms with Gasteiger partial charge in [-0.05, 0) is 19.2 Å². The first-order valence-corrected chi connectivity index (χ1v) is 7.60. The number of rotatable bonds is 2. The van der Waals surface area contributed by atoms with Gasteiger partial charge in [0.1, 0.15) is 0 Å². The number of carbonyl (C=O) groups is 1. The minimum atomic E-state index is 0.381. The molecule has 1 fully saturated rings. The molecular formula is C16H16ClN5O. The number of aldehydes is 1. The molecule has 0 spiro atoms. The van der Waals surface area contributed by atoms with Crippen LogP contribution in [0.15, 0.2) is 36.7 Å². The highest BCUT2D eigenvalue weighted by Gasteiger charge is 2.27. The summed E-state index contributed by atoms with van der Waals surface area (Å²) in [5.41, 5.74) is 2.67. The third kappa shape index (κ3) is 3.55. The Morgan fingerprint density at radius 3 is 2.65 bits per heavy atom. The Balaban J connectivity index is 0.000000136. The van der Waals surface area contributed by atoms with Crippen molar-refractivity contribution in [3.63, 3.8) is 0 Å². The zero-order valence-electron chi connectivity index (χ0n) is 12.6. The number of para-hydroxylation sites is 2. The molecule has 0 saturated carbocycles. The Kier molecular flexibility index (Phi) is 4.64. The van der Waals surface area contributed by atoms with E-state index in [0.717, 1.165) is 29.8 Å². The molecule has 1 aliphatic heterocycles. The lowest BCUT2D eigenvalue weighted by Crippen LogP contribution is -2.42. The van der Waals surface area contributed by atoms with Gasteiger partial charge in [0, 0.05) is 31.4 Å². The van der Waals surface area contributed by atoms with Gasteiger partial charge in [0.05, 0.1) is 16.7 Å². The quantitative estimate of drug-likeness (QED) is 0.731. The number of hydrogen-bond donors (Lipinski definition) is 1. The standard InChI is InChI=1S/C8H10ClN3.C8H6N2O/c1-12-4-6(5-12)7-8(9)11-3-2-10-7;11-5-8-9-6-3-1-2-4-7(6)10-8/h2-3,6H,4-5H2,1H3;1-5H,(H,9,10). The van der Waals surface area contributed by atoms with Crippen LogP contribution in [0.2, 0.25) is 5.15 Å². The van der Waals surface area contributed by atoms with Crippen molar-refractivity contribution in [2.24, 2.45) is 0 Å². The Bertz CT molecular complexity index is 780. The van der Waals surface area contributed by atoms with Crippen LogP contribution in [0, 0.1) is 0 Å². The largest absolute Gasteiger partial charge is 0.336 e. The van der Waals surface area contributed by atoms with Crippen molar-refractivity contribution < 1.29 is 4.79 Å². The van der Waals surface area contributed by atoms with Crippen molar-refractivity contribution in [1.82, 2.24) is 24.8 Å². The van der Waals surface area contributed by atoms with Gasteiger partial charge in [0.2, 0.25) is 0 Å². The molecule has 1 saturated heterocycles. The predicted octanol–water partition coefficient (Wildman–Crippen LogP) is 2.53. The van der Waals surface area contributed by atoms with E-state index in [1.165, 1.54) is 0 Å². The minimum absolute atomic E-state index is 0.381. The van der Waals surface area contributed by atoms with Gasteiger partial charge in [0.25, 0.3) is 0 Å². The van der Waals surface area contributed by atoms with Crippen molar-refractivity contribution in [2.45, 2.75) is 5.92 Å². The number of H-pyrrole nitrogens is 1. The molecule has 0 radical (unpaired) electrons. The first-order chi connectivity index (χ1) is 11.2. The molecule has 2 aromatic heterocycles. The molecule has 6 nitrogen and oxygen atoms in total. The number of nitrogens with zero attached hydrogens (tertiary/aromatic N) is 4. The Morgan fingerprint density at radius 1 is 1.26 bits per heavy atom. The number of nitrogens with one attached hydrogen (secondary N) is 1. The van der Waals surface area contributed by atoms with Crippen LogP contribution in [-0.4, -0.2) is 51.3 Å². The number of hydrogen-bond acceptors (Lipinski definition) is 5. The number of benzene rings is 1. The fourth-order valence-corrected chi connectivity index (χ4v) is 2.77. The zero-order valence-corrected chi connectivity index (χ0v) is 13.4. The Labute approximate surface area is 138 Å². The molecule has 0 bridgehead atoms. The zero-order chi connectivity index (χ0) is 16.2. The first-order valence-electron chi connectivity index (χ1n) is 7.22. The minimum Gasteiger partial charge on any atom is -0.336 e. The van der Waals surface area contributed by atoms with E-state index in [1.807, 2.05) is 24.3 Å². The Hall–Kier alpha value is -2.31. The fourth-order valence-electron chi connectivity index (χ4n) is 2.51. The van der Waals surface area contributed by atoms with Gasteiger partial charge >= 0.3 is 0 Å². The molecule has 0 amide bonds. The molecule has 0 unspecified atom stereocenters. The van der Waals surface area contributed by atoms with Crippen molar-refractivity contribution in [3.05, 3.63) is 53.3 Å². The maximum Gasteiger partial charge on any atom is 0.185 e. The van der Waals surface area contributed by atoms with Gasteiger partial charge in [-0.3, -0.25) is 9.78 Å². The van der Waals surface area contributed by atoms with E-state index < -0.39 is 0 Å². The maximum absolute atomic E-state index is 10.3. The molecule has 0 aliphatic carbocycles. The third-order valence-corrected chi connectivity index (χ3v) is 3.94. The summed E-state index contributed by atoms with van der Waals surface area (Å²) in [6.45, 7) is 2.08. The van der Waals surface area contributed by atoms with Crippen LogP contribution >= 0.6 is 11.6 Å². The van der Waals surface area contributed by atoms with Gasteiger partial charge in [-0.15, -0.1) is 0 Å². The monoisotopic (exact) mass is 329 g/mol. The lowest BCUT2D eigenvalue weighted by Gasteiger charge is -2.35. The number of likely N-dealkylation sites (N-methyl/N-ethyl adjacent to an activating group) is 1. The predicted molar refractivity (Wildman–Crippen MR) is 88.8 cm³/mol. The lowest BCUT2D eigenvalue weighted by molar-refractivity contribution is 0.111. The molecule has 7 heteroatoms. The van der Waals surface area contributed by atoms with E-state index in [9.17, 15) is 4.79 Å². The van der Waals surface area contributed by atoms with Gasteiger partial charge < -0.3 is 9.88 Å². The van der Waals surface area contributed by atoms with Gasteiger partial charge in [-0.25, -0.2) is 9.97 Å². The highest BCUT2D eigenvalue weighted by atomic mass is 35.5. The van der Waals surface area contributed by atoms with Crippen LogP contribution in [0.1, 0.15) is 22.2 Å². The smallest absolute Gasteiger partial charge is 0.185 e. The van der Waals surface area contributed by atoms with Crippen LogP contribution in [-0.2, 0) is 0 Å². The summed E-state index contributed by atoms with van der Waals surface area (Å²) in [5, 5.41) is 0.551. The lowest BCUT2D eigenvalue weighted by atomic mass is 9.98. The fraction of sp³-hybridized carbons (Fsp3) is 0.250. The molecule has 1 N–H and O–H groups in total. The SMILES string of the molecule is CN1CC(c2nccnc2Cl)C1.O=Cc1nc2ccccc2[nH]1. The van der Waals surface area contributed by atoms with Crippen LogP contribution in [0.5, 0.6) is 0 Å². The molecule has 23 heavy (non-hydrogen) atoms. The van der Waals surface area contributed by atoms with Gasteiger partial charge in [0.15, 0.2) is 17.3 Å². The molecule has 1 aromatic carbocycles. The number of halogens is 1. The van der Waals surface area contributed by atoms with Crippen LogP contribution in [0.3, 0.4) is 0 Å². The highest BCUT2D eigenvalue weighted by molar-refractivity contribution is 6.30. The summed E-state index contributed by atoms with van der Waals surface area (Å²) in [7, 11) is 2.08. The summed E-state index contributed by atoms with van der Waals surface area (Å²) >= 11 is 5.89. The van der Waals surface area contributed by atoms with Crippen molar-refractivity contribution >= 4 is 28.9 Å². The number of aromatic amines is 1. The molecular weight excluding hydrogens is 314 g/mol. The Morgan fingerprint density at radius 2 is 2.00 bits per heavy atom. The van der Waals surface area contributed by atoms with E-state index in [4.69, 9.17) is 11.6 Å². The summed E-state index contributed by atoms with van der Waals surface area (Å²) in [6, 6.07) is 7.53. The van der Waals surface area contributed by atoms with E-state index in [2.05, 4.69) is 31.9 Å². The highest BCUT2D eigenvalue weighted by Crippen LogP contribution is 2.27. The van der Waals surface area contributed by atoms with Crippen molar-refractivity contribution in [2.75, 3.05) is 20.1 Å². The first kappa shape index (κ1) is 15.6. The number of carbonyl (C=O) groups excluding carboxylic acids is 1. The van der Waals surface area contributed by atoms with E-state index >= 15 is 0 Å². The van der Waals surface area contributed by atoms with Crippen LogP contribution < -0.4 is 0 Å². The van der Waals surface area contributed by atoms with E-state index in [-0.39, 0.29) is 0 Å². The normalized spacial score (nSPS) is 14.9. The number of likely N-dealkylation sites (tertiary alicyclic amines) is 1. The third-order valence-electron chi connectivity index (χ3n) is 3.65. The number of fused-ring (bicyclic) bond motifs is 1. The number of aromatic nitrogens is 4. The molecule has 4 rings (SSSR count). The molecule has 0 atom stereocenters. The average Bonchev–Trinajstić information content (AvgIpc) is 2.96. The van der Waals surface area contributed by atoms with E-state index in [1.54, 1.807) is 12.4 Å². The second-order valence-electron chi connectivity index (χ2n) is 5.41. The van der Waals surface area contributed by atoms with Crippen LogP contribution in [0.25, 0.3) is 11.0 Å². The maximum atomic E-state index is 10.3. The second kappa shape index (κ2) is 6.85. The van der Waals surface area contributed by atoms with Crippen LogP contribution in [0.4, 0.5) is 0 Å². The second-order valence-corrected chi connectivity index (χ2v) is 5.77. The van der Waals surface area contributed by atoms with Crippen molar-refractivity contribution in [1.29, 1.82) is 0 Å². The summed E-state index contributed by atoms with van der Waals surface area (Å²) in [5.74, 6) is 0.863. The summed E-state index contributed by atoms with van der Waals surface area (Å²) in [4.78, 5) is 27.6. The summed E-state index contributed by atoms with van der Waals surface area (Å²) < 4.78 is 0. The average molecular weight is 330 g/mol. The summed E-state index contributed by atoms with van der Waals surface area (Å²) in [6.07, 6.45) is 4.02. The van der Waals surface area contributed by atoms with Gasteiger partial charge in [-0.2, -0.15) is 0 Å². The molecule has 1 aliphatic rings. The van der Waals surface area contributed by atoms with Crippen molar-refractivity contribution in [3.8, 4) is 0 Å². The molecule has 118 valence electrons. The molecule has 3 aromatic rings. The van der Waals surface area contributed by atoms with E-state index in [0.29, 0.717) is 23.2 Å². The topological polar surface area (TPSA) is 74.8 Å². The van der Waals surface area contributed by atoms with Gasteiger partial charge in [-0.1, -0.05) is 23.7 Å². The molecule has 3 heterocycles.